The number of hydrogen-bond acceptors (Lipinski definition) is 3. The molecule has 0 aliphatic carbocycles. The Morgan fingerprint density at radius 1 is 1.35 bits per heavy atom. The summed E-state index contributed by atoms with van der Waals surface area (Å²) in [7, 11) is 1.63. The zero-order valence-electron chi connectivity index (χ0n) is 10.4. The molecule has 0 fully saturated rings. The molecule has 0 atom stereocenters. The van der Waals surface area contributed by atoms with Gasteiger partial charge in [-0.25, -0.2) is 4.79 Å². The molecular formula is C13H17NO3. The van der Waals surface area contributed by atoms with E-state index in [4.69, 9.17) is 9.47 Å². The van der Waals surface area contributed by atoms with Crippen molar-refractivity contribution in [3.8, 4) is 5.75 Å². The molecule has 1 aliphatic heterocycles. The highest BCUT2D eigenvalue weighted by Gasteiger charge is 2.39. The molecule has 0 spiro atoms. The summed E-state index contributed by atoms with van der Waals surface area (Å²) in [6, 6.07) is 5.62. The highest BCUT2D eigenvalue weighted by molar-refractivity contribution is 5.89. The van der Waals surface area contributed by atoms with Crippen molar-refractivity contribution in [3.05, 3.63) is 23.8 Å². The molecule has 1 aromatic rings. The van der Waals surface area contributed by atoms with E-state index < -0.39 is 5.60 Å². The fourth-order valence-electron chi connectivity index (χ4n) is 2.28. The molecule has 1 amide bonds. The minimum absolute atomic E-state index is 0.383. The second kappa shape index (κ2) is 4.28. The Balaban J connectivity index is 2.56. The topological polar surface area (TPSA) is 47.6 Å². The van der Waals surface area contributed by atoms with Crippen molar-refractivity contribution in [2.24, 2.45) is 0 Å². The van der Waals surface area contributed by atoms with E-state index in [9.17, 15) is 4.79 Å². The molecule has 0 unspecified atom stereocenters. The van der Waals surface area contributed by atoms with Gasteiger partial charge in [-0.15, -0.1) is 0 Å². The number of nitrogens with one attached hydrogen (secondary N) is 1. The SMILES string of the molecule is CCC1(CC)OC(=O)Nc2ccc(OC)cc21. The Bertz CT molecular complexity index is 438. The third-order valence-corrected chi connectivity index (χ3v) is 3.38. The Morgan fingerprint density at radius 3 is 2.65 bits per heavy atom. The van der Waals surface area contributed by atoms with Crippen LogP contribution >= 0.6 is 0 Å². The van der Waals surface area contributed by atoms with E-state index in [1.165, 1.54) is 0 Å². The fraction of sp³-hybridized carbons (Fsp3) is 0.462. The Morgan fingerprint density at radius 2 is 2.06 bits per heavy atom. The second-order valence-electron chi connectivity index (χ2n) is 4.13. The number of benzene rings is 1. The number of hydrogen-bond donors (Lipinski definition) is 1. The number of carbonyl (C=O) groups excluding carboxylic acids is 1. The van der Waals surface area contributed by atoms with Crippen molar-refractivity contribution in [3.63, 3.8) is 0 Å². The number of ether oxygens (including phenoxy) is 2. The van der Waals surface area contributed by atoms with Crippen LogP contribution < -0.4 is 10.1 Å². The van der Waals surface area contributed by atoms with Crippen LogP contribution in [-0.2, 0) is 10.3 Å². The fourth-order valence-corrected chi connectivity index (χ4v) is 2.28. The number of amides is 1. The van der Waals surface area contributed by atoms with Crippen molar-refractivity contribution in [1.82, 2.24) is 0 Å². The summed E-state index contributed by atoms with van der Waals surface area (Å²) in [4.78, 5) is 11.5. The van der Waals surface area contributed by atoms with Gasteiger partial charge in [0.15, 0.2) is 0 Å². The van der Waals surface area contributed by atoms with Gasteiger partial charge in [0, 0.05) is 5.56 Å². The summed E-state index contributed by atoms with van der Waals surface area (Å²) >= 11 is 0. The number of methoxy groups -OCH3 is 1. The summed E-state index contributed by atoms with van der Waals surface area (Å²) in [5.74, 6) is 0.773. The highest BCUT2D eigenvalue weighted by atomic mass is 16.6. The lowest BCUT2D eigenvalue weighted by atomic mass is 9.86. The summed E-state index contributed by atoms with van der Waals surface area (Å²) < 4.78 is 10.7. The summed E-state index contributed by atoms with van der Waals surface area (Å²) in [6.07, 6.45) is 1.11. The van der Waals surface area contributed by atoms with E-state index in [0.29, 0.717) is 0 Å². The normalized spacial score (nSPS) is 16.8. The van der Waals surface area contributed by atoms with Gasteiger partial charge in [0.25, 0.3) is 0 Å². The molecule has 1 heterocycles. The average Bonchev–Trinajstić information content (AvgIpc) is 2.37. The maximum Gasteiger partial charge on any atom is 0.412 e. The molecule has 0 bridgehead atoms. The van der Waals surface area contributed by atoms with Gasteiger partial charge in [-0.05, 0) is 31.0 Å². The summed E-state index contributed by atoms with van der Waals surface area (Å²) in [6.45, 7) is 4.04. The molecule has 92 valence electrons. The Hall–Kier alpha value is -1.71. The van der Waals surface area contributed by atoms with Gasteiger partial charge in [0.2, 0.25) is 0 Å². The summed E-state index contributed by atoms with van der Waals surface area (Å²) in [5, 5.41) is 2.72. The minimum atomic E-state index is -0.536. The maximum absolute atomic E-state index is 11.5. The molecule has 0 saturated carbocycles. The van der Waals surface area contributed by atoms with E-state index in [0.717, 1.165) is 29.8 Å². The lowest BCUT2D eigenvalue weighted by molar-refractivity contribution is 0.00457. The zero-order valence-corrected chi connectivity index (χ0v) is 10.4. The van der Waals surface area contributed by atoms with Crippen molar-refractivity contribution < 1.29 is 14.3 Å². The largest absolute Gasteiger partial charge is 0.497 e. The highest BCUT2D eigenvalue weighted by Crippen LogP contribution is 2.42. The molecule has 17 heavy (non-hydrogen) atoms. The molecule has 0 aromatic heterocycles. The van der Waals surface area contributed by atoms with E-state index in [1.54, 1.807) is 7.11 Å². The number of cyclic esters (lactones) is 1. The molecular weight excluding hydrogens is 218 g/mol. The van der Waals surface area contributed by atoms with Crippen LogP contribution in [0.2, 0.25) is 0 Å². The molecule has 2 rings (SSSR count). The first-order chi connectivity index (χ1) is 8.15. The molecule has 4 heteroatoms. The van der Waals surface area contributed by atoms with Gasteiger partial charge in [0.1, 0.15) is 11.4 Å². The number of fused-ring (bicyclic) bond motifs is 1. The van der Waals surface area contributed by atoms with Gasteiger partial charge in [0.05, 0.1) is 12.8 Å². The van der Waals surface area contributed by atoms with Crippen LogP contribution in [0.15, 0.2) is 18.2 Å². The van der Waals surface area contributed by atoms with Crippen LogP contribution in [0.3, 0.4) is 0 Å². The third-order valence-electron chi connectivity index (χ3n) is 3.38. The second-order valence-corrected chi connectivity index (χ2v) is 4.13. The molecule has 4 nitrogen and oxygen atoms in total. The van der Waals surface area contributed by atoms with E-state index >= 15 is 0 Å². The molecule has 1 aliphatic rings. The van der Waals surface area contributed by atoms with Crippen LogP contribution in [0.4, 0.5) is 10.5 Å². The molecule has 0 radical (unpaired) electrons. The van der Waals surface area contributed by atoms with E-state index in [1.807, 2.05) is 32.0 Å². The predicted molar refractivity (Wildman–Crippen MR) is 65.4 cm³/mol. The van der Waals surface area contributed by atoms with Crippen LogP contribution in [0.1, 0.15) is 32.3 Å². The maximum atomic E-state index is 11.5. The number of carbonyl (C=O) groups is 1. The monoisotopic (exact) mass is 235 g/mol. The number of rotatable bonds is 3. The Labute approximate surface area is 101 Å². The molecule has 0 saturated heterocycles. The van der Waals surface area contributed by atoms with Crippen molar-refractivity contribution >= 4 is 11.8 Å². The quantitative estimate of drug-likeness (QED) is 0.874. The molecule has 1 N–H and O–H groups in total. The predicted octanol–water partition coefficient (Wildman–Crippen LogP) is 3.27. The van der Waals surface area contributed by atoms with Crippen molar-refractivity contribution in [2.75, 3.05) is 12.4 Å². The van der Waals surface area contributed by atoms with E-state index in [-0.39, 0.29) is 6.09 Å². The first-order valence-electron chi connectivity index (χ1n) is 5.83. The van der Waals surface area contributed by atoms with Gasteiger partial charge in [-0.3, -0.25) is 5.32 Å². The average molecular weight is 235 g/mol. The van der Waals surface area contributed by atoms with Crippen molar-refractivity contribution in [2.45, 2.75) is 32.3 Å². The Kier molecular flexibility index (Phi) is 2.96. The van der Waals surface area contributed by atoms with Crippen LogP contribution in [0.5, 0.6) is 5.75 Å². The standard InChI is InChI=1S/C13H17NO3/c1-4-13(5-2)10-8-9(16-3)6-7-11(10)14-12(15)17-13/h6-8H,4-5H2,1-3H3,(H,14,15). The molecule has 1 aromatic carbocycles. The lowest BCUT2D eigenvalue weighted by Gasteiger charge is -2.37. The van der Waals surface area contributed by atoms with Gasteiger partial charge in [-0.2, -0.15) is 0 Å². The van der Waals surface area contributed by atoms with Gasteiger partial charge >= 0.3 is 6.09 Å². The van der Waals surface area contributed by atoms with Crippen LogP contribution in [0, 0.1) is 0 Å². The van der Waals surface area contributed by atoms with Gasteiger partial charge in [-0.1, -0.05) is 13.8 Å². The van der Waals surface area contributed by atoms with Crippen molar-refractivity contribution in [1.29, 1.82) is 0 Å². The number of anilines is 1. The smallest absolute Gasteiger partial charge is 0.412 e. The van der Waals surface area contributed by atoms with Crippen LogP contribution in [-0.4, -0.2) is 13.2 Å². The summed E-state index contributed by atoms with van der Waals surface area (Å²) in [5.41, 5.74) is 1.26. The third kappa shape index (κ3) is 1.84. The van der Waals surface area contributed by atoms with E-state index in [2.05, 4.69) is 5.32 Å². The van der Waals surface area contributed by atoms with Crippen LogP contribution in [0.25, 0.3) is 0 Å². The van der Waals surface area contributed by atoms with Gasteiger partial charge < -0.3 is 9.47 Å². The first kappa shape index (κ1) is 11.8. The lowest BCUT2D eigenvalue weighted by Crippen LogP contribution is -2.38. The zero-order chi connectivity index (χ0) is 12.5. The minimum Gasteiger partial charge on any atom is -0.497 e. The first-order valence-corrected chi connectivity index (χ1v) is 5.83.